The third-order valence-corrected chi connectivity index (χ3v) is 4.96. The van der Waals surface area contributed by atoms with E-state index in [1.807, 2.05) is 13.8 Å². The van der Waals surface area contributed by atoms with Crippen LogP contribution in [-0.2, 0) is 0 Å². The standard InChI is InChI=1S/C22H32FN5O2.C3H6/c1-4-15(14(3)23)8-13-19(20(24)22(30)27-17-9-10-17)28(25)18-11-6-16(7-12-18)21(29)26-5-2;1-3-2/h4,6-7,11-12,17,22,27,30H,3,5,8-10,13,24-25H2,1-2H3,(H,26,29);3H,1H2,2H3/b15-4-,20-19-;. The summed E-state index contributed by atoms with van der Waals surface area (Å²) in [7, 11) is 0. The van der Waals surface area contributed by atoms with E-state index in [4.69, 9.17) is 11.6 Å². The number of nitrogens with two attached hydrogens (primary N) is 2. The smallest absolute Gasteiger partial charge is 0.251 e. The van der Waals surface area contributed by atoms with Crippen LogP contribution in [0.15, 0.2) is 72.4 Å². The number of hydrazine groups is 1. The van der Waals surface area contributed by atoms with Crippen molar-refractivity contribution >= 4 is 11.6 Å². The molecule has 0 radical (unpaired) electrons. The minimum atomic E-state index is -1.06. The van der Waals surface area contributed by atoms with Crippen molar-refractivity contribution in [1.82, 2.24) is 10.6 Å². The summed E-state index contributed by atoms with van der Waals surface area (Å²) in [5.41, 5.74) is 8.42. The molecular weight excluding hydrogens is 421 g/mol. The number of allylic oxidation sites excluding steroid dienone is 5. The van der Waals surface area contributed by atoms with Gasteiger partial charge in [0.25, 0.3) is 5.91 Å². The highest BCUT2D eigenvalue weighted by Gasteiger charge is 2.26. The summed E-state index contributed by atoms with van der Waals surface area (Å²) in [6.45, 7) is 12.7. The number of nitrogens with one attached hydrogen (secondary N) is 2. The fourth-order valence-corrected chi connectivity index (χ4v) is 3.01. The van der Waals surface area contributed by atoms with E-state index in [0.29, 0.717) is 41.9 Å². The Morgan fingerprint density at radius 3 is 2.33 bits per heavy atom. The van der Waals surface area contributed by atoms with Gasteiger partial charge in [-0.05, 0) is 76.3 Å². The summed E-state index contributed by atoms with van der Waals surface area (Å²) < 4.78 is 13.6. The molecule has 0 saturated heterocycles. The van der Waals surface area contributed by atoms with Gasteiger partial charge in [-0.1, -0.05) is 18.7 Å². The molecule has 0 aromatic heterocycles. The Morgan fingerprint density at radius 2 is 1.88 bits per heavy atom. The first-order valence-electron chi connectivity index (χ1n) is 11.1. The van der Waals surface area contributed by atoms with Gasteiger partial charge < -0.3 is 16.2 Å². The van der Waals surface area contributed by atoms with Crippen LogP contribution >= 0.6 is 0 Å². The predicted molar refractivity (Wildman–Crippen MR) is 134 cm³/mol. The van der Waals surface area contributed by atoms with Crippen molar-refractivity contribution in [3.8, 4) is 0 Å². The van der Waals surface area contributed by atoms with E-state index in [0.717, 1.165) is 12.8 Å². The molecule has 0 heterocycles. The number of anilines is 1. The number of carbonyl (C=O) groups excluding carboxylic acids is 1. The summed E-state index contributed by atoms with van der Waals surface area (Å²) in [5, 5.41) is 17.6. The summed E-state index contributed by atoms with van der Waals surface area (Å²) in [6, 6.07) is 6.95. The molecular formula is C25H38FN5O2. The average molecular weight is 460 g/mol. The van der Waals surface area contributed by atoms with E-state index in [1.165, 1.54) is 5.01 Å². The lowest BCUT2D eigenvalue weighted by Crippen LogP contribution is -2.41. The maximum atomic E-state index is 13.6. The van der Waals surface area contributed by atoms with Gasteiger partial charge in [-0.3, -0.25) is 15.1 Å². The number of hydrogen-bond donors (Lipinski definition) is 5. The van der Waals surface area contributed by atoms with Gasteiger partial charge in [-0.25, -0.2) is 10.2 Å². The van der Waals surface area contributed by atoms with E-state index < -0.39 is 12.1 Å². The van der Waals surface area contributed by atoms with Crippen LogP contribution in [0.5, 0.6) is 0 Å². The van der Waals surface area contributed by atoms with Gasteiger partial charge in [0, 0.05) is 18.2 Å². The second-order valence-corrected chi connectivity index (χ2v) is 7.65. The lowest BCUT2D eigenvalue weighted by atomic mass is 10.0. The maximum Gasteiger partial charge on any atom is 0.251 e. The first kappa shape index (κ1) is 28.1. The van der Waals surface area contributed by atoms with Crippen molar-refractivity contribution in [2.45, 2.75) is 58.7 Å². The fraction of sp³-hybridized carbons (Fsp3) is 0.400. The Kier molecular flexibility index (Phi) is 12.1. The number of halogens is 1. The van der Waals surface area contributed by atoms with Gasteiger partial charge in [0.05, 0.1) is 17.1 Å². The molecule has 1 aromatic rings. The van der Waals surface area contributed by atoms with E-state index in [9.17, 15) is 14.3 Å². The normalized spacial score (nSPS) is 14.9. The minimum absolute atomic E-state index is 0.175. The Morgan fingerprint density at radius 1 is 1.30 bits per heavy atom. The number of hydrogen-bond acceptors (Lipinski definition) is 6. The minimum Gasteiger partial charge on any atom is -0.397 e. The van der Waals surface area contributed by atoms with Crippen LogP contribution in [0.25, 0.3) is 0 Å². The molecule has 2 rings (SSSR count). The van der Waals surface area contributed by atoms with Crippen LogP contribution in [0.2, 0.25) is 0 Å². The second-order valence-electron chi connectivity index (χ2n) is 7.65. The molecule has 7 N–H and O–H groups in total. The molecule has 1 unspecified atom stereocenters. The Hall–Kier alpha value is -2.94. The molecule has 1 atom stereocenters. The maximum absolute atomic E-state index is 13.6. The largest absolute Gasteiger partial charge is 0.397 e. The van der Waals surface area contributed by atoms with Crippen LogP contribution < -0.4 is 27.2 Å². The van der Waals surface area contributed by atoms with Crippen LogP contribution in [0, 0.1) is 0 Å². The van der Waals surface area contributed by atoms with Crippen LogP contribution in [0.3, 0.4) is 0 Å². The quantitative estimate of drug-likeness (QED) is 0.113. The molecule has 1 amide bonds. The number of nitrogens with zero attached hydrogens (tertiary/aromatic N) is 1. The Labute approximate surface area is 196 Å². The topological polar surface area (TPSA) is 117 Å². The first-order chi connectivity index (χ1) is 15.7. The molecule has 33 heavy (non-hydrogen) atoms. The average Bonchev–Trinajstić information content (AvgIpc) is 3.60. The van der Waals surface area contributed by atoms with Crippen LogP contribution in [0.4, 0.5) is 10.1 Å². The Balaban J connectivity index is 0.00000172. The molecule has 1 aromatic carbocycles. The number of benzene rings is 1. The van der Waals surface area contributed by atoms with Crippen molar-refractivity contribution in [3.63, 3.8) is 0 Å². The molecule has 1 fully saturated rings. The SMILES string of the molecule is C=C(F)/C(=C\C)CC/C(=C(/N)C(O)NC1CC1)N(N)c1ccc(C(=O)NCC)cc1.C=CC. The monoisotopic (exact) mass is 459 g/mol. The molecule has 0 aliphatic heterocycles. The van der Waals surface area contributed by atoms with E-state index in [-0.39, 0.29) is 17.6 Å². The van der Waals surface area contributed by atoms with Crippen LogP contribution in [-0.4, -0.2) is 29.8 Å². The van der Waals surface area contributed by atoms with Gasteiger partial charge in [-0.15, -0.1) is 6.58 Å². The number of aliphatic hydroxyl groups is 1. The molecule has 0 spiro atoms. The number of aliphatic hydroxyl groups excluding tert-OH is 1. The van der Waals surface area contributed by atoms with Gasteiger partial charge in [0.2, 0.25) is 0 Å². The zero-order valence-electron chi connectivity index (χ0n) is 19.9. The summed E-state index contributed by atoms with van der Waals surface area (Å²) in [4.78, 5) is 12.0. The van der Waals surface area contributed by atoms with Crippen molar-refractivity contribution in [1.29, 1.82) is 0 Å². The third kappa shape index (κ3) is 9.21. The zero-order valence-corrected chi connectivity index (χ0v) is 19.9. The summed E-state index contributed by atoms with van der Waals surface area (Å²) >= 11 is 0. The molecule has 1 saturated carbocycles. The van der Waals surface area contributed by atoms with Crippen LogP contribution in [0.1, 0.15) is 56.8 Å². The van der Waals surface area contributed by atoms with E-state index >= 15 is 0 Å². The molecule has 0 bridgehead atoms. The highest BCUT2D eigenvalue weighted by atomic mass is 19.1. The van der Waals surface area contributed by atoms with Gasteiger partial charge in [-0.2, -0.15) is 0 Å². The fourth-order valence-electron chi connectivity index (χ4n) is 3.01. The highest BCUT2D eigenvalue weighted by Crippen LogP contribution is 2.26. The summed E-state index contributed by atoms with van der Waals surface area (Å²) in [6.07, 6.45) is 4.93. The van der Waals surface area contributed by atoms with Crippen molar-refractivity contribution < 1.29 is 14.3 Å². The summed E-state index contributed by atoms with van der Waals surface area (Å²) in [5.74, 6) is 5.65. The highest BCUT2D eigenvalue weighted by molar-refractivity contribution is 5.94. The number of amides is 1. The first-order valence-corrected chi connectivity index (χ1v) is 11.1. The lowest BCUT2D eigenvalue weighted by molar-refractivity contribution is 0.0956. The van der Waals surface area contributed by atoms with Gasteiger partial charge in [0.15, 0.2) is 0 Å². The van der Waals surface area contributed by atoms with E-state index in [2.05, 4.69) is 23.8 Å². The van der Waals surface area contributed by atoms with Crippen molar-refractivity contribution in [2.75, 3.05) is 11.6 Å². The predicted octanol–water partition coefficient (Wildman–Crippen LogP) is 3.76. The molecule has 1 aliphatic carbocycles. The molecule has 8 heteroatoms. The number of carbonyl (C=O) groups is 1. The zero-order chi connectivity index (χ0) is 25.0. The van der Waals surface area contributed by atoms with Gasteiger partial charge >= 0.3 is 0 Å². The van der Waals surface area contributed by atoms with Crippen molar-refractivity contribution in [2.24, 2.45) is 11.6 Å². The van der Waals surface area contributed by atoms with Crippen molar-refractivity contribution in [3.05, 3.63) is 77.9 Å². The molecule has 7 nitrogen and oxygen atoms in total. The second kappa shape index (κ2) is 14.3. The third-order valence-electron chi connectivity index (χ3n) is 4.96. The molecule has 1 aliphatic rings. The Bertz CT molecular complexity index is 860. The van der Waals surface area contributed by atoms with E-state index in [1.54, 1.807) is 43.3 Å². The number of rotatable bonds is 11. The van der Waals surface area contributed by atoms with Gasteiger partial charge in [0.1, 0.15) is 12.1 Å². The lowest BCUT2D eigenvalue weighted by Gasteiger charge is -2.27. The molecule has 182 valence electrons.